The predicted molar refractivity (Wildman–Crippen MR) is 111 cm³/mol. The lowest BCUT2D eigenvalue weighted by Crippen LogP contribution is -2.24. The first-order valence-electron chi connectivity index (χ1n) is 8.73. The number of fused-ring (bicyclic) bond motifs is 1. The first kappa shape index (κ1) is 18.0. The van der Waals surface area contributed by atoms with E-state index in [4.69, 9.17) is 10.00 Å². The smallest absolute Gasteiger partial charge is 0.263 e. The SMILES string of the molecule is COc1ccc(-c2csc3nc(C)n(Cc4cccc(C#N)c4)c(=O)c23)cc1. The number of thiophene rings is 1. The van der Waals surface area contributed by atoms with Gasteiger partial charge in [-0.2, -0.15) is 5.26 Å². The van der Waals surface area contributed by atoms with Crippen LogP contribution in [0.3, 0.4) is 0 Å². The number of aromatic nitrogens is 2. The highest BCUT2D eigenvalue weighted by Crippen LogP contribution is 2.32. The van der Waals surface area contributed by atoms with Crippen molar-refractivity contribution in [3.63, 3.8) is 0 Å². The van der Waals surface area contributed by atoms with E-state index in [-0.39, 0.29) is 5.56 Å². The van der Waals surface area contributed by atoms with E-state index in [2.05, 4.69) is 11.1 Å². The second kappa shape index (κ2) is 7.29. The fourth-order valence-electron chi connectivity index (χ4n) is 3.22. The number of ether oxygens (including phenoxy) is 1. The average molecular weight is 387 g/mol. The third-order valence-corrected chi connectivity index (χ3v) is 5.55. The minimum absolute atomic E-state index is 0.0723. The molecule has 5 nitrogen and oxygen atoms in total. The van der Waals surface area contributed by atoms with Gasteiger partial charge in [-0.05, 0) is 42.3 Å². The molecule has 28 heavy (non-hydrogen) atoms. The number of rotatable bonds is 4. The van der Waals surface area contributed by atoms with Crippen LogP contribution in [0.25, 0.3) is 21.3 Å². The van der Waals surface area contributed by atoms with E-state index < -0.39 is 0 Å². The monoisotopic (exact) mass is 387 g/mol. The number of benzene rings is 2. The number of nitrogens with zero attached hydrogens (tertiary/aromatic N) is 3. The fourth-order valence-corrected chi connectivity index (χ4v) is 4.20. The Morgan fingerprint density at radius 2 is 2.00 bits per heavy atom. The molecule has 2 aromatic carbocycles. The Hall–Kier alpha value is -3.43. The maximum absolute atomic E-state index is 13.3. The van der Waals surface area contributed by atoms with E-state index in [1.165, 1.54) is 11.3 Å². The topological polar surface area (TPSA) is 67.9 Å². The van der Waals surface area contributed by atoms with Gasteiger partial charge in [0.05, 0.1) is 30.7 Å². The first-order chi connectivity index (χ1) is 13.6. The van der Waals surface area contributed by atoms with Gasteiger partial charge in [-0.25, -0.2) is 4.98 Å². The summed E-state index contributed by atoms with van der Waals surface area (Å²) in [6.45, 7) is 2.21. The van der Waals surface area contributed by atoms with Crippen LogP contribution >= 0.6 is 11.3 Å². The lowest BCUT2D eigenvalue weighted by molar-refractivity contribution is 0.415. The molecule has 0 bridgehead atoms. The van der Waals surface area contributed by atoms with Gasteiger partial charge in [-0.3, -0.25) is 9.36 Å². The Morgan fingerprint density at radius 3 is 2.71 bits per heavy atom. The normalized spacial score (nSPS) is 10.8. The molecule has 0 spiro atoms. The van der Waals surface area contributed by atoms with Gasteiger partial charge in [0.15, 0.2) is 0 Å². The zero-order chi connectivity index (χ0) is 19.7. The van der Waals surface area contributed by atoms with Crippen molar-refractivity contribution < 1.29 is 4.74 Å². The quantitative estimate of drug-likeness (QED) is 0.522. The lowest BCUT2D eigenvalue weighted by Gasteiger charge is -2.11. The van der Waals surface area contributed by atoms with Gasteiger partial charge in [0.2, 0.25) is 0 Å². The summed E-state index contributed by atoms with van der Waals surface area (Å²) in [5, 5.41) is 11.7. The van der Waals surface area contributed by atoms with Crippen molar-refractivity contribution in [2.75, 3.05) is 7.11 Å². The van der Waals surface area contributed by atoms with Crippen molar-refractivity contribution in [1.29, 1.82) is 5.26 Å². The van der Waals surface area contributed by atoms with Crippen LogP contribution in [-0.2, 0) is 6.54 Å². The van der Waals surface area contributed by atoms with Gasteiger partial charge in [0.1, 0.15) is 16.4 Å². The molecule has 6 heteroatoms. The molecule has 0 saturated carbocycles. The van der Waals surface area contributed by atoms with Crippen molar-refractivity contribution in [2.24, 2.45) is 0 Å². The van der Waals surface area contributed by atoms with E-state index in [0.717, 1.165) is 27.3 Å². The van der Waals surface area contributed by atoms with Crippen molar-refractivity contribution in [3.8, 4) is 22.9 Å². The van der Waals surface area contributed by atoms with Crippen LogP contribution in [0, 0.1) is 18.3 Å². The number of nitriles is 1. The lowest BCUT2D eigenvalue weighted by atomic mass is 10.1. The van der Waals surface area contributed by atoms with Crippen LogP contribution in [0.4, 0.5) is 0 Å². The Balaban J connectivity index is 1.84. The minimum atomic E-state index is -0.0723. The maximum Gasteiger partial charge on any atom is 0.263 e. The molecule has 138 valence electrons. The molecule has 0 saturated heterocycles. The second-order valence-corrected chi connectivity index (χ2v) is 7.28. The largest absolute Gasteiger partial charge is 0.497 e. The molecule has 4 rings (SSSR count). The summed E-state index contributed by atoms with van der Waals surface area (Å²) in [6, 6.07) is 17.1. The van der Waals surface area contributed by atoms with Crippen molar-refractivity contribution in [3.05, 3.63) is 81.2 Å². The van der Waals surface area contributed by atoms with Crippen molar-refractivity contribution >= 4 is 21.6 Å². The Bertz CT molecular complexity index is 1260. The van der Waals surface area contributed by atoms with Crippen LogP contribution in [0.2, 0.25) is 0 Å². The molecule has 4 aromatic rings. The molecule has 0 atom stereocenters. The highest BCUT2D eigenvalue weighted by molar-refractivity contribution is 7.17. The van der Waals surface area contributed by atoms with E-state index in [9.17, 15) is 4.79 Å². The third-order valence-electron chi connectivity index (χ3n) is 4.68. The summed E-state index contributed by atoms with van der Waals surface area (Å²) in [7, 11) is 1.63. The maximum atomic E-state index is 13.3. The summed E-state index contributed by atoms with van der Waals surface area (Å²) < 4.78 is 6.88. The number of hydrogen-bond donors (Lipinski definition) is 0. The number of methoxy groups -OCH3 is 1. The van der Waals surface area contributed by atoms with Gasteiger partial charge in [0.25, 0.3) is 5.56 Å². The van der Waals surface area contributed by atoms with E-state index in [0.29, 0.717) is 23.3 Å². The zero-order valence-electron chi connectivity index (χ0n) is 15.5. The van der Waals surface area contributed by atoms with Gasteiger partial charge >= 0.3 is 0 Å². The summed E-state index contributed by atoms with van der Waals surface area (Å²) in [4.78, 5) is 18.7. The van der Waals surface area contributed by atoms with Crippen LogP contribution in [0.5, 0.6) is 5.75 Å². The molecular formula is C22H17N3O2S. The second-order valence-electron chi connectivity index (χ2n) is 6.42. The summed E-state index contributed by atoms with van der Waals surface area (Å²) in [5.41, 5.74) is 3.22. The highest BCUT2D eigenvalue weighted by Gasteiger charge is 2.16. The van der Waals surface area contributed by atoms with Crippen molar-refractivity contribution in [1.82, 2.24) is 9.55 Å². The molecule has 0 amide bonds. The number of aryl methyl sites for hydroxylation is 1. The Morgan fingerprint density at radius 1 is 1.21 bits per heavy atom. The summed E-state index contributed by atoms with van der Waals surface area (Å²) in [6.07, 6.45) is 0. The summed E-state index contributed by atoms with van der Waals surface area (Å²) >= 11 is 1.47. The fraction of sp³-hybridized carbons (Fsp3) is 0.136. The van der Waals surface area contributed by atoms with Crippen LogP contribution in [0.1, 0.15) is 17.0 Å². The number of hydrogen-bond acceptors (Lipinski definition) is 5. The van der Waals surface area contributed by atoms with Crippen LogP contribution < -0.4 is 10.3 Å². The molecule has 0 aliphatic carbocycles. The Labute approximate surface area is 166 Å². The summed E-state index contributed by atoms with van der Waals surface area (Å²) in [5.74, 6) is 1.43. The molecule has 0 aliphatic heterocycles. The molecule has 0 fully saturated rings. The molecule has 2 aromatic heterocycles. The average Bonchev–Trinajstić information content (AvgIpc) is 3.15. The predicted octanol–water partition coefficient (Wildman–Crippen LogP) is 4.36. The third kappa shape index (κ3) is 3.17. The van der Waals surface area contributed by atoms with Gasteiger partial charge in [-0.1, -0.05) is 24.3 Å². The Kier molecular flexibility index (Phi) is 4.68. The van der Waals surface area contributed by atoms with E-state index in [1.807, 2.05) is 48.7 Å². The molecule has 0 N–H and O–H groups in total. The molecule has 0 aliphatic rings. The van der Waals surface area contributed by atoms with Crippen molar-refractivity contribution in [2.45, 2.75) is 13.5 Å². The van der Waals surface area contributed by atoms with E-state index >= 15 is 0 Å². The zero-order valence-corrected chi connectivity index (χ0v) is 16.3. The van der Waals surface area contributed by atoms with Crippen LogP contribution in [-0.4, -0.2) is 16.7 Å². The standard InChI is InChI=1S/C22H17N3O2S/c1-14-24-21-20(19(13-28-21)17-6-8-18(27-2)9-7-17)22(26)25(14)12-16-5-3-4-15(10-16)11-23/h3-10,13H,12H2,1-2H3. The highest BCUT2D eigenvalue weighted by atomic mass is 32.1. The molecule has 0 radical (unpaired) electrons. The molecular weight excluding hydrogens is 370 g/mol. The minimum Gasteiger partial charge on any atom is -0.497 e. The van der Waals surface area contributed by atoms with Crippen LogP contribution in [0.15, 0.2) is 58.7 Å². The first-order valence-corrected chi connectivity index (χ1v) is 9.61. The van der Waals surface area contributed by atoms with E-state index in [1.54, 1.807) is 23.8 Å². The molecule has 0 unspecified atom stereocenters. The molecule has 2 heterocycles. The van der Waals surface area contributed by atoms with Gasteiger partial charge in [-0.15, -0.1) is 11.3 Å². The van der Waals surface area contributed by atoms with Gasteiger partial charge in [0, 0.05) is 10.9 Å². The van der Waals surface area contributed by atoms with Gasteiger partial charge < -0.3 is 4.74 Å².